The third kappa shape index (κ3) is 4.58. The van der Waals surface area contributed by atoms with E-state index in [4.69, 9.17) is 18.9 Å². The molecule has 0 aliphatic carbocycles. The highest BCUT2D eigenvalue weighted by atomic mass is 16.6. The van der Waals surface area contributed by atoms with Crippen LogP contribution < -0.4 is 19.5 Å². The minimum atomic E-state index is 0.00541. The number of ether oxygens (including phenoxy) is 4. The molecule has 0 aromatic heterocycles. The van der Waals surface area contributed by atoms with E-state index in [0.717, 1.165) is 18.7 Å². The Balaban J connectivity index is 2.95. The molecule has 5 heteroatoms. The fourth-order valence-corrected chi connectivity index (χ4v) is 1.72. The first-order chi connectivity index (χ1) is 9.65. The zero-order valence-corrected chi connectivity index (χ0v) is 13.0. The Labute approximate surface area is 121 Å². The minimum absolute atomic E-state index is 0.00541. The molecule has 0 bridgehead atoms. The summed E-state index contributed by atoms with van der Waals surface area (Å²) in [5, 5.41) is 3.27. The highest BCUT2D eigenvalue weighted by molar-refractivity contribution is 5.53. The quantitative estimate of drug-likeness (QED) is 0.753. The van der Waals surface area contributed by atoms with Crippen molar-refractivity contribution in [3.63, 3.8) is 0 Å². The molecule has 1 atom stereocenters. The topological polar surface area (TPSA) is 49.0 Å². The van der Waals surface area contributed by atoms with Crippen LogP contribution in [0.5, 0.6) is 17.2 Å². The van der Waals surface area contributed by atoms with Gasteiger partial charge in [-0.1, -0.05) is 6.92 Å². The Morgan fingerprint density at radius 2 is 1.70 bits per heavy atom. The summed E-state index contributed by atoms with van der Waals surface area (Å²) in [4.78, 5) is 0. The fourth-order valence-electron chi connectivity index (χ4n) is 1.72. The first kappa shape index (κ1) is 16.6. The van der Waals surface area contributed by atoms with Gasteiger partial charge in [0.2, 0.25) is 5.75 Å². The van der Waals surface area contributed by atoms with Crippen LogP contribution in [-0.2, 0) is 11.3 Å². The van der Waals surface area contributed by atoms with Crippen LogP contribution >= 0.6 is 0 Å². The van der Waals surface area contributed by atoms with E-state index >= 15 is 0 Å². The van der Waals surface area contributed by atoms with Crippen molar-refractivity contribution in [2.75, 3.05) is 34.5 Å². The molecule has 1 aromatic carbocycles. The molecule has 0 spiro atoms. The standard InChI is InChI=1S/C15H25NO4/c1-6-16-9-12-7-13(18-4)15(14(8-12)19-5)20-10-11(2)17-3/h7-8,11,16H,6,9-10H2,1-5H3. The Morgan fingerprint density at radius 1 is 1.10 bits per heavy atom. The summed E-state index contributed by atoms with van der Waals surface area (Å²) in [7, 11) is 4.90. The third-order valence-electron chi connectivity index (χ3n) is 2.96. The first-order valence-corrected chi connectivity index (χ1v) is 6.77. The molecule has 0 aliphatic rings. The predicted octanol–water partition coefficient (Wildman–Crippen LogP) is 2.23. The largest absolute Gasteiger partial charge is 0.493 e. The number of hydrogen-bond acceptors (Lipinski definition) is 5. The molecule has 0 aliphatic heterocycles. The fraction of sp³-hybridized carbons (Fsp3) is 0.600. The van der Waals surface area contributed by atoms with Crippen LogP contribution in [0.25, 0.3) is 0 Å². The second-order valence-electron chi connectivity index (χ2n) is 4.47. The van der Waals surface area contributed by atoms with E-state index in [-0.39, 0.29) is 6.10 Å². The SMILES string of the molecule is CCNCc1cc(OC)c(OCC(C)OC)c(OC)c1. The second-order valence-corrected chi connectivity index (χ2v) is 4.47. The molecule has 0 radical (unpaired) electrons. The molecular formula is C15H25NO4. The Kier molecular flexibility index (Phi) is 7.18. The molecule has 1 unspecified atom stereocenters. The smallest absolute Gasteiger partial charge is 0.203 e. The first-order valence-electron chi connectivity index (χ1n) is 6.77. The predicted molar refractivity (Wildman–Crippen MR) is 78.9 cm³/mol. The molecular weight excluding hydrogens is 258 g/mol. The van der Waals surface area contributed by atoms with Crippen LogP contribution in [0, 0.1) is 0 Å². The lowest BCUT2D eigenvalue weighted by molar-refractivity contribution is 0.0694. The van der Waals surface area contributed by atoms with Crippen LogP contribution in [0.15, 0.2) is 12.1 Å². The van der Waals surface area contributed by atoms with E-state index in [9.17, 15) is 0 Å². The van der Waals surface area contributed by atoms with Gasteiger partial charge in [-0.05, 0) is 31.2 Å². The second kappa shape index (κ2) is 8.66. The summed E-state index contributed by atoms with van der Waals surface area (Å²) in [5.74, 6) is 1.94. The molecule has 0 fully saturated rings. The van der Waals surface area contributed by atoms with Crippen molar-refractivity contribution >= 4 is 0 Å². The molecule has 0 amide bonds. The lowest BCUT2D eigenvalue weighted by Gasteiger charge is -2.18. The van der Waals surface area contributed by atoms with Gasteiger partial charge in [0, 0.05) is 13.7 Å². The summed E-state index contributed by atoms with van der Waals surface area (Å²) < 4.78 is 21.7. The maximum absolute atomic E-state index is 5.77. The van der Waals surface area contributed by atoms with Gasteiger partial charge in [0.15, 0.2) is 11.5 Å². The van der Waals surface area contributed by atoms with E-state index in [1.54, 1.807) is 21.3 Å². The molecule has 5 nitrogen and oxygen atoms in total. The van der Waals surface area contributed by atoms with Gasteiger partial charge in [-0.25, -0.2) is 0 Å². The van der Waals surface area contributed by atoms with E-state index < -0.39 is 0 Å². The number of hydrogen-bond donors (Lipinski definition) is 1. The van der Waals surface area contributed by atoms with Crippen molar-refractivity contribution in [3.05, 3.63) is 17.7 Å². The van der Waals surface area contributed by atoms with Gasteiger partial charge in [0.25, 0.3) is 0 Å². The Hall–Kier alpha value is -1.46. The summed E-state index contributed by atoms with van der Waals surface area (Å²) in [6.07, 6.45) is 0.00541. The normalized spacial score (nSPS) is 12.1. The zero-order valence-electron chi connectivity index (χ0n) is 13.0. The number of rotatable bonds is 9. The zero-order chi connectivity index (χ0) is 15.0. The van der Waals surface area contributed by atoms with Crippen molar-refractivity contribution in [1.29, 1.82) is 0 Å². The lowest BCUT2D eigenvalue weighted by atomic mass is 10.1. The van der Waals surface area contributed by atoms with Crippen LogP contribution in [0.3, 0.4) is 0 Å². The van der Waals surface area contributed by atoms with Crippen molar-refractivity contribution < 1.29 is 18.9 Å². The molecule has 114 valence electrons. The summed E-state index contributed by atoms with van der Waals surface area (Å²) >= 11 is 0. The molecule has 1 rings (SSSR count). The van der Waals surface area contributed by atoms with Gasteiger partial charge in [0.1, 0.15) is 6.61 Å². The highest BCUT2D eigenvalue weighted by Crippen LogP contribution is 2.38. The Morgan fingerprint density at radius 3 is 2.15 bits per heavy atom. The van der Waals surface area contributed by atoms with Crippen molar-refractivity contribution in [3.8, 4) is 17.2 Å². The van der Waals surface area contributed by atoms with Gasteiger partial charge >= 0.3 is 0 Å². The lowest BCUT2D eigenvalue weighted by Crippen LogP contribution is -2.17. The van der Waals surface area contributed by atoms with E-state index in [1.807, 2.05) is 19.1 Å². The molecule has 0 saturated heterocycles. The van der Waals surface area contributed by atoms with Gasteiger partial charge in [-0.2, -0.15) is 0 Å². The van der Waals surface area contributed by atoms with Crippen molar-refractivity contribution in [2.24, 2.45) is 0 Å². The average Bonchev–Trinajstić information content (AvgIpc) is 2.49. The van der Waals surface area contributed by atoms with Gasteiger partial charge in [0.05, 0.1) is 20.3 Å². The maximum atomic E-state index is 5.77. The third-order valence-corrected chi connectivity index (χ3v) is 2.96. The van der Waals surface area contributed by atoms with Crippen LogP contribution in [0.2, 0.25) is 0 Å². The summed E-state index contributed by atoms with van der Waals surface area (Å²) in [6.45, 7) is 6.12. The van der Waals surface area contributed by atoms with Crippen molar-refractivity contribution in [2.45, 2.75) is 26.5 Å². The van der Waals surface area contributed by atoms with Gasteiger partial charge in [-0.3, -0.25) is 0 Å². The van der Waals surface area contributed by atoms with Crippen molar-refractivity contribution in [1.82, 2.24) is 5.32 Å². The van der Waals surface area contributed by atoms with Crippen LogP contribution in [0.4, 0.5) is 0 Å². The molecule has 0 heterocycles. The van der Waals surface area contributed by atoms with E-state index in [2.05, 4.69) is 12.2 Å². The Bertz CT molecular complexity index is 384. The minimum Gasteiger partial charge on any atom is -0.493 e. The monoisotopic (exact) mass is 283 g/mol. The van der Waals surface area contributed by atoms with Crippen LogP contribution in [-0.4, -0.2) is 40.6 Å². The molecule has 20 heavy (non-hydrogen) atoms. The molecule has 1 N–H and O–H groups in total. The number of benzene rings is 1. The van der Waals surface area contributed by atoms with Gasteiger partial charge in [-0.15, -0.1) is 0 Å². The molecule has 0 saturated carbocycles. The molecule has 1 aromatic rings. The highest BCUT2D eigenvalue weighted by Gasteiger charge is 2.15. The van der Waals surface area contributed by atoms with E-state index in [1.165, 1.54) is 0 Å². The van der Waals surface area contributed by atoms with Gasteiger partial charge < -0.3 is 24.3 Å². The maximum Gasteiger partial charge on any atom is 0.203 e. The number of nitrogens with one attached hydrogen (secondary N) is 1. The summed E-state index contributed by atoms with van der Waals surface area (Å²) in [5.41, 5.74) is 1.09. The average molecular weight is 283 g/mol. The van der Waals surface area contributed by atoms with Crippen LogP contribution in [0.1, 0.15) is 19.4 Å². The summed E-state index contributed by atoms with van der Waals surface area (Å²) in [6, 6.07) is 3.91. The number of methoxy groups -OCH3 is 3. The van der Waals surface area contributed by atoms with E-state index in [0.29, 0.717) is 23.9 Å².